The molecule has 0 saturated carbocycles. The number of ether oxygens (including phenoxy) is 1. The molecule has 0 bridgehead atoms. The highest BCUT2D eigenvalue weighted by Gasteiger charge is 2.35. The molecule has 4 rings (SSSR count). The lowest BCUT2D eigenvalue weighted by Crippen LogP contribution is -2.56. The Balaban J connectivity index is 1.89. The zero-order chi connectivity index (χ0) is 28.3. The second-order valence-corrected chi connectivity index (χ2v) is 11.0. The van der Waals surface area contributed by atoms with Gasteiger partial charge in [0.2, 0.25) is 5.91 Å². The predicted octanol–water partition coefficient (Wildman–Crippen LogP) is 3.51. The molecule has 204 valence electrons. The van der Waals surface area contributed by atoms with Gasteiger partial charge in [-0.05, 0) is 58.7 Å². The van der Waals surface area contributed by atoms with Gasteiger partial charge in [-0.2, -0.15) is 10.4 Å². The largest absolute Gasteiger partial charge is 0.492 e. The van der Waals surface area contributed by atoms with Crippen LogP contribution in [0.3, 0.4) is 0 Å². The highest BCUT2D eigenvalue weighted by Crippen LogP contribution is 2.31. The number of thiophene rings is 1. The number of amides is 1. The molecule has 0 spiro atoms. The van der Waals surface area contributed by atoms with Crippen LogP contribution in [0.4, 0.5) is 0 Å². The SMILES string of the molecule is Cc1c(-n2cccn2)sc2c1c(=O)n(C(C)(C)C(=O)NC(C)C)c(=O)n2CCc1ccccc1OCCC#N. The van der Waals surface area contributed by atoms with Crippen LogP contribution in [0.1, 0.15) is 45.2 Å². The molecule has 1 amide bonds. The molecule has 1 aromatic carbocycles. The summed E-state index contributed by atoms with van der Waals surface area (Å²) in [5.74, 6) is 0.223. The van der Waals surface area contributed by atoms with E-state index < -0.39 is 22.7 Å². The van der Waals surface area contributed by atoms with E-state index in [1.54, 1.807) is 41.6 Å². The standard InChI is InChI=1S/C28H32N6O4S/c1-18(2)31-26(36)28(4,5)34-23(35)22-19(3)24(33-15-9-14-30-33)39-25(22)32(27(34)37)16-12-20-10-6-7-11-21(20)38-17-8-13-29/h6-7,9-11,14-15,18H,8,12,16-17H2,1-5H3,(H,31,36). The first-order chi connectivity index (χ1) is 18.6. The van der Waals surface area contributed by atoms with Gasteiger partial charge in [0.15, 0.2) is 0 Å². The van der Waals surface area contributed by atoms with Crippen molar-refractivity contribution in [2.75, 3.05) is 6.61 Å². The molecule has 0 aliphatic carbocycles. The highest BCUT2D eigenvalue weighted by atomic mass is 32.1. The summed E-state index contributed by atoms with van der Waals surface area (Å²) < 4.78 is 10.1. The van der Waals surface area contributed by atoms with Gasteiger partial charge in [-0.15, -0.1) is 0 Å². The summed E-state index contributed by atoms with van der Waals surface area (Å²) >= 11 is 1.31. The van der Waals surface area contributed by atoms with Crippen molar-refractivity contribution in [2.45, 2.75) is 65.6 Å². The summed E-state index contributed by atoms with van der Waals surface area (Å²) in [6.07, 6.45) is 4.13. The minimum absolute atomic E-state index is 0.162. The zero-order valence-electron chi connectivity index (χ0n) is 22.7. The maximum absolute atomic E-state index is 14.0. The fraction of sp³-hybridized carbons (Fsp3) is 0.393. The molecule has 0 saturated heterocycles. The Kier molecular flexibility index (Phi) is 8.06. The number of para-hydroxylation sites is 1. The summed E-state index contributed by atoms with van der Waals surface area (Å²) in [6.45, 7) is 9.15. The monoisotopic (exact) mass is 548 g/mol. The van der Waals surface area contributed by atoms with Crippen LogP contribution in [0.15, 0.2) is 52.3 Å². The minimum Gasteiger partial charge on any atom is -0.492 e. The molecule has 4 aromatic rings. The van der Waals surface area contributed by atoms with Crippen LogP contribution in [-0.2, 0) is 23.3 Å². The summed E-state index contributed by atoms with van der Waals surface area (Å²) in [5, 5.41) is 17.1. The maximum Gasteiger partial charge on any atom is 0.333 e. The van der Waals surface area contributed by atoms with Crippen molar-refractivity contribution in [2.24, 2.45) is 0 Å². The fourth-order valence-electron chi connectivity index (χ4n) is 4.46. The number of fused-ring (bicyclic) bond motifs is 1. The van der Waals surface area contributed by atoms with E-state index >= 15 is 0 Å². The van der Waals surface area contributed by atoms with E-state index in [-0.39, 0.29) is 25.6 Å². The van der Waals surface area contributed by atoms with Crippen molar-refractivity contribution in [1.82, 2.24) is 24.2 Å². The van der Waals surface area contributed by atoms with Crippen LogP contribution >= 0.6 is 11.3 Å². The third-order valence-electron chi connectivity index (χ3n) is 6.48. The van der Waals surface area contributed by atoms with E-state index in [0.29, 0.717) is 28.0 Å². The van der Waals surface area contributed by atoms with Gasteiger partial charge in [0.25, 0.3) is 5.56 Å². The number of carbonyl (C=O) groups excluding carboxylic acids is 1. The predicted molar refractivity (Wildman–Crippen MR) is 151 cm³/mol. The molecule has 11 heteroatoms. The smallest absolute Gasteiger partial charge is 0.333 e. The molecular formula is C28H32N6O4S. The van der Waals surface area contributed by atoms with Crippen molar-refractivity contribution in [1.29, 1.82) is 5.26 Å². The van der Waals surface area contributed by atoms with Crippen molar-refractivity contribution in [3.63, 3.8) is 0 Å². The number of nitrogens with one attached hydrogen (secondary N) is 1. The number of nitrogens with zero attached hydrogens (tertiary/aromatic N) is 5. The van der Waals surface area contributed by atoms with E-state index in [1.807, 2.05) is 45.0 Å². The number of hydrogen-bond acceptors (Lipinski definition) is 7. The number of nitriles is 1. The molecule has 1 N–H and O–H groups in total. The van der Waals surface area contributed by atoms with Crippen molar-refractivity contribution < 1.29 is 9.53 Å². The Bertz CT molecular complexity index is 1650. The van der Waals surface area contributed by atoms with Crippen LogP contribution in [0.5, 0.6) is 5.75 Å². The fourth-order valence-corrected chi connectivity index (χ4v) is 5.72. The summed E-state index contributed by atoms with van der Waals surface area (Å²) in [7, 11) is 0. The van der Waals surface area contributed by atoms with Gasteiger partial charge in [0.05, 0.1) is 17.9 Å². The number of hydrogen-bond donors (Lipinski definition) is 1. The summed E-state index contributed by atoms with van der Waals surface area (Å²) in [4.78, 5) is 41.6. The van der Waals surface area contributed by atoms with Crippen molar-refractivity contribution in [3.05, 3.63) is 74.7 Å². The number of aromatic nitrogens is 4. The van der Waals surface area contributed by atoms with Gasteiger partial charge in [0, 0.05) is 30.5 Å². The first kappa shape index (κ1) is 27.9. The lowest BCUT2D eigenvalue weighted by atomic mass is 10.0. The Morgan fingerprint density at radius 1 is 1.23 bits per heavy atom. The van der Waals surface area contributed by atoms with Gasteiger partial charge in [0.1, 0.15) is 27.7 Å². The van der Waals surface area contributed by atoms with E-state index in [2.05, 4.69) is 16.5 Å². The van der Waals surface area contributed by atoms with Gasteiger partial charge in [-0.25, -0.2) is 14.0 Å². The topological polar surface area (TPSA) is 124 Å². The molecule has 3 aromatic heterocycles. The van der Waals surface area contributed by atoms with E-state index in [4.69, 9.17) is 10.00 Å². The van der Waals surface area contributed by atoms with Gasteiger partial charge in [-0.3, -0.25) is 14.2 Å². The summed E-state index contributed by atoms with van der Waals surface area (Å²) in [5.41, 5.74) is -0.959. The van der Waals surface area contributed by atoms with Crippen LogP contribution in [0.25, 0.3) is 15.2 Å². The lowest BCUT2D eigenvalue weighted by molar-refractivity contribution is -0.129. The minimum atomic E-state index is -1.44. The molecule has 0 unspecified atom stereocenters. The van der Waals surface area contributed by atoms with E-state index in [1.165, 1.54) is 11.3 Å². The first-order valence-corrected chi connectivity index (χ1v) is 13.6. The molecule has 0 aliphatic rings. The van der Waals surface area contributed by atoms with Crippen molar-refractivity contribution >= 4 is 27.5 Å². The van der Waals surface area contributed by atoms with Gasteiger partial charge >= 0.3 is 5.69 Å². The molecular weight excluding hydrogens is 516 g/mol. The molecule has 0 fully saturated rings. The Morgan fingerprint density at radius 2 is 1.97 bits per heavy atom. The van der Waals surface area contributed by atoms with Crippen LogP contribution in [-0.4, -0.2) is 37.5 Å². The number of carbonyl (C=O) groups is 1. The number of aryl methyl sites for hydroxylation is 3. The molecule has 39 heavy (non-hydrogen) atoms. The third-order valence-corrected chi connectivity index (χ3v) is 7.79. The molecule has 10 nitrogen and oxygen atoms in total. The normalized spacial score (nSPS) is 11.6. The lowest BCUT2D eigenvalue weighted by Gasteiger charge is -2.27. The third kappa shape index (κ3) is 5.38. The quantitative estimate of drug-likeness (QED) is 0.303. The van der Waals surface area contributed by atoms with Gasteiger partial charge < -0.3 is 10.1 Å². The van der Waals surface area contributed by atoms with E-state index in [9.17, 15) is 14.4 Å². The number of rotatable bonds is 10. The van der Waals surface area contributed by atoms with Crippen LogP contribution < -0.4 is 21.3 Å². The zero-order valence-corrected chi connectivity index (χ0v) is 23.5. The van der Waals surface area contributed by atoms with Crippen LogP contribution in [0.2, 0.25) is 0 Å². The Labute approximate surface area is 230 Å². The maximum atomic E-state index is 14.0. The Hall–Kier alpha value is -4.17. The second kappa shape index (κ2) is 11.3. The molecule has 3 heterocycles. The average Bonchev–Trinajstić information content (AvgIpc) is 3.52. The van der Waals surface area contributed by atoms with E-state index in [0.717, 1.165) is 15.1 Å². The van der Waals surface area contributed by atoms with Crippen molar-refractivity contribution in [3.8, 4) is 16.8 Å². The highest BCUT2D eigenvalue weighted by molar-refractivity contribution is 7.21. The molecule has 0 aliphatic heterocycles. The molecule has 0 radical (unpaired) electrons. The Morgan fingerprint density at radius 3 is 2.64 bits per heavy atom. The average molecular weight is 549 g/mol. The number of benzene rings is 1. The second-order valence-electron chi connectivity index (χ2n) is 10.0. The first-order valence-electron chi connectivity index (χ1n) is 12.8. The van der Waals surface area contributed by atoms with Gasteiger partial charge in [-0.1, -0.05) is 29.5 Å². The van der Waals surface area contributed by atoms with Crippen LogP contribution in [0, 0.1) is 18.3 Å². The summed E-state index contributed by atoms with van der Waals surface area (Å²) in [6, 6.07) is 11.2. The molecule has 0 atom stereocenters.